The Morgan fingerprint density at radius 2 is 2.07 bits per heavy atom. The van der Waals surface area contributed by atoms with Gasteiger partial charge in [-0.2, -0.15) is 0 Å². The van der Waals surface area contributed by atoms with E-state index in [0.29, 0.717) is 10.6 Å². The molecule has 1 heterocycles. The molecule has 1 aromatic heterocycles. The lowest BCUT2D eigenvalue weighted by atomic mass is 10.2. The molecular formula is C8H4Cl2N2O2. The predicted molar refractivity (Wildman–Crippen MR) is 51.4 cm³/mol. The van der Waals surface area contributed by atoms with Crippen LogP contribution in [-0.2, 0) is 0 Å². The number of benzene rings is 1. The summed E-state index contributed by atoms with van der Waals surface area (Å²) in [5, 5.41) is 17.2. The van der Waals surface area contributed by atoms with Gasteiger partial charge in [0, 0.05) is 5.02 Å². The van der Waals surface area contributed by atoms with Gasteiger partial charge in [-0.25, -0.2) is 0 Å². The number of hydrogen-bond acceptors (Lipinski definition) is 4. The van der Waals surface area contributed by atoms with E-state index >= 15 is 0 Å². The fourth-order valence-corrected chi connectivity index (χ4v) is 1.51. The quantitative estimate of drug-likeness (QED) is 0.819. The van der Waals surface area contributed by atoms with Crippen LogP contribution in [0.5, 0.6) is 5.75 Å². The van der Waals surface area contributed by atoms with Gasteiger partial charge in [0.05, 0.1) is 10.6 Å². The van der Waals surface area contributed by atoms with Gasteiger partial charge >= 0.3 is 0 Å². The SMILES string of the molecule is Oc1c(Cl)cc(Cl)cc1-c1nnco1. The zero-order chi connectivity index (χ0) is 10.1. The van der Waals surface area contributed by atoms with Crippen molar-refractivity contribution in [1.82, 2.24) is 10.2 Å². The van der Waals surface area contributed by atoms with Crippen molar-refractivity contribution in [2.75, 3.05) is 0 Å². The molecule has 6 heteroatoms. The second-order valence-corrected chi connectivity index (χ2v) is 3.37. The van der Waals surface area contributed by atoms with Crippen molar-refractivity contribution in [3.63, 3.8) is 0 Å². The normalized spacial score (nSPS) is 10.4. The zero-order valence-electron chi connectivity index (χ0n) is 6.74. The lowest BCUT2D eigenvalue weighted by Crippen LogP contribution is -1.81. The number of halogens is 2. The van der Waals surface area contributed by atoms with E-state index in [-0.39, 0.29) is 16.7 Å². The molecule has 4 nitrogen and oxygen atoms in total. The van der Waals surface area contributed by atoms with Crippen LogP contribution in [0.3, 0.4) is 0 Å². The Balaban J connectivity index is 2.64. The third-order valence-electron chi connectivity index (χ3n) is 1.62. The van der Waals surface area contributed by atoms with Gasteiger partial charge in [-0.15, -0.1) is 10.2 Å². The molecule has 0 atom stereocenters. The molecule has 1 aromatic carbocycles. The van der Waals surface area contributed by atoms with Crippen molar-refractivity contribution in [3.8, 4) is 17.2 Å². The van der Waals surface area contributed by atoms with Crippen molar-refractivity contribution < 1.29 is 9.52 Å². The first-order valence-corrected chi connectivity index (χ1v) is 4.38. The molecule has 0 bridgehead atoms. The summed E-state index contributed by atoms with van der Waals surface area (Å²) < 4.78 is 4.91. The highest BCUT2D eigenvalue weighted by Gasteiger charge is 2.13. The summed E-state index contributed by atoms with van der Waals surface area (Å²) in [4.78, 5) is 0. The van der Waals surface area contributed by atoms with E-state index in [4.69, 9.17) is 27.6 Å². The maximum Gasteiger partial charge on any atom is 0.251 e. The van der Waals surface area contributed by atoms with E-state index < -0.39 is 0 Å². The fourth-order valence-electron chi connectivity index (χ4n) is 1.02. The lowest BCUT2D eigenvalue weighted by molar-refractivity contribution is 0.473. The molecule has 0 unspecified atom stereocenters. The van der Waals surface area contributed by atoms with Crippen LogP contribution in [0.25, 0.3) is 11.5 Å². The summed E-state index contributed by atoms with van der Waals surface area (Å²) in [6.45, 7) is 0. The van der Waals surface area contributed by atoms with Crippen molar-refractivity contribution >= 4 is 23.2 Å². The minimum absolute atomic E-state index is 0.125. The predicted octanol–water partition coefficient (Wildman–Crippen LogP) is 2.75. The molecule has 0 aliphatic rings. The molecule has 0 amide bonds. The molecule has 0 fully saturated rings. The standard InChI is InChI=1S/C8H4Cl2N2O2/c9-4-1-5(7(13)6(10)2-4)8-12-11-3-14-8/h1-3,13H. The summed E-state index contributed by atoms with van der Waals surface area (Å²) in [6.07, 6.45) is 1.16. The average Bonchev–Trinajstić information content (AvgIpc) is 2.63. The van der Waals surface area contributed by atoms with Crippen LogP contribution in [0.1, 0.15) is 0 Å². The molecule has 0 saturated carbocycles. The minimum atomic E-state index is -0.125. The molecule has 14 heavy (non-hydrogen) atoms. The van der Waals surface area contributed by atoms with E-state index in [1.807, 2.05) is 0 Å². The van der Waals surface area contributed by atoms with E-state index in [9.17, 15) is 5.11 Å². The van der Waals surface area contributed by atoms with Gasteiger partial charge in [0.25, 0.3) is 5.89 Å². The highest BCUT2D eigenvalue weighted by Crippen LogP contribution is 2.36. The van der Waals surface area contributed by atoms with Crippen molar-refractivity contribution in [2.24, 2.45) is 0 Å². The summed E-state index contributed by atoms with van der Waals surface area (Å²) in [6, 6.07) is 2.93. The highest BCUT2D eigenvalue weighted by atomic mass is 35.5. The first-order chi connectivity index (χ1) is 6.68. The molecule has 2 rings (SSSR count). The minimum Gasteiger partial charge on any atom is -0.506 e. The maximum absolute atomic E-state index is 9.58. The van der Waals surface area contributed by atoms with Crippen LogP contribution in [0.2, 0.25) is 10.0 Å². The number of rotatable bonds is 1. The monoisotopic (exact) mass is 230 g/mol. The van der Waals surface area contributed by atoms with Crippen LogP contribution in [-0.4, -0.2) is 15.3 Å². The molecule has 0 radical (unpaired) electrons. The molecule has 0 aliphatic heterocycles. The van der Waals surface area contributed by atoms with Gasteiger partial charge in [-0.3, -0.25) is 0 Å². The second-order valence-electron chi connectivity index (χ2n) is 2.53. The summed E-state index contributed by atoms with van der Waals surface area (Å²) in [7, 11) is 0. The zero-order valence-corrected chi connectivity index (χ0v) is 8.25. The van der Waals surface area contributed by atoms with Crippen LogP contribution in [0, 0.1) is 0 Å². The summed E-state index contributed by atoms with van der Waals surface area (Å²) >= 11 is 11.5. The maximum atomic E-state index is 9.58. The van der Waals surface area contributed by atoms with Crippen LogP contribution in [0.15, 0.2) is 22.9 Å². The van der Waals surface area contributed by atoms with Crippen molar-refractivity contribution in [1.29, 1.82) is 0 Å². The van der Waals surface area contributed by atoms with Crippen molar-refractivity contribution in [3.05, 3.63) is 28.6 Å². The molecule has 0 spiro atoms. The Kier molecular flexibility index (Phi) is 2.31. The Labute approximate surface area is 89.1 Å². The van der Waals surface area contributed by atoms with Crippen LogP contribution < -0.4 is 0 Å². The Bertz CT molecular complexity index is 457. The van der Waals surface area contributed by atoms with Gasteiger partial charge < -0.3 is 9.52 Å². The molecule has 2 aromatic rings. The number of phenols is 1. The Morgan fingerprint density at radius 1 is 1.29 bits per heavy atom. The van der Waals surface area contributed by atoms with E-state index in [2.05, 4.69) is 10.2 Å². The number of nitrogens with zero attached hydrogens (tertiary/aromatic N) is 2. The Morgan fingerprint density at radius 3 is 2.71 bits per heavy atom. The van der Waals surface area contributed by atoms with E-state index in [1.54, 1.807) is 0 Å². The van der Waals surface area contributed by atoms with Gasteiger partial charge in [0.1, 0.15) is 5.75 Å². The third kappa shape index (κ3) is 1.54. The summed E-state index contributed by atoms with van der Waals surface area (Å²) in [5.74, 6) is 0.0483. The largest absolute Gasteiger partial charge is 0.506 e. The first kappa shape index (κ1) is 9.30. The topological polar surface area (TPSA) is 59.2 Å². The molecule has 1 N–H and O–H groups in total. The average molecular weight is 231 g/mol. The highest BCUT2D eigenvalue weighted by molar-refractivity contribution is 6.36. The Hall–Kier alpha value is -1.26. The van der Waals surface area contributed by atoms with E-state index in [1.165, 1.54) is 12.1 Å². The van der Waals surface area contributed by atoms with Gasteiger partial charge in [0.15, 0.2) is 0 Å². The molecule has 0 aliphatic carbocycles. The molecular weight excluding hydrogens is 227 g/mol. The van der Waals surface area contributed by atoms with Gasteiger partial charge in [0.2, 0.25) is 6.39 Å². The number of hydrogen-bond donors (Lipinski definition) is 1. The first-order valence-electron chi connectivity index (χ1n) is 3.63. The number of aromatic hydroxyl groups is 1. The fraction of sp³-hybridized carbons (Fsp3) is 0. The molecule has 0 saturated heterocycles. The lowest BCUT2D eigenvalue weighted by Gasteiger charge is -2.02. The summed E-state index contributed by atoms with van der Waals surface area (Å²) in [5.41, 5.74) is 0.319. The van der Waals surface area contributed by atoms with Crippen LogP contribution >= 0.6 is 23.2 Å². The third-order valence-corrected chi connectivity index (χ3v) is 2.12. The van der Waals surface area contributed by atoms with E-state index in [0.717, 1.165) is 6.39 Å². The number of aromatic nitrogens is 2. The number of phenolic OH excluding ortho intramolecular Hbond substituents is 1. The van der Waals surface area contributed by atoms with Gasteiger partial charge in [-0.1, -0.05) is 23.2 Å². The van der Waals surface area contributed by atoms with Crippen molar-refractivity contribution in [2.45, 2.75) is 0 Å². The smallest absolute Gasteiger partial charge is 0.251 e. The van der Waals surface area contributed by atoms with Gasteiger partial charge in [-0.05, 0) is 12.1 Å². The van der Waals surface area contributed by atoms with Crippen LogP contribution in [0.4, 0.5) is 0 Å². The second kappa shape index (κ2) is 3.48. The molecule has 72 valence electrons.